The van der Waals surface area contributed by atoms with Crippen LogP contribution in [0.5, 0.6) is 0 Å². The molecular weight excluding hydrogens is 388 g/mol. The summed E-state index contributed by atoms with van der Waals surface area (Å²) in [6.07, 6.45) is -0.156. The van der Waals surface area contributed by atoms with Crippen molar-refractivity contribution in [3.05, 3.63) is 35.9 Å². The van der Waals surface area contributed by atoms with E-state index in [-0.39, 0.29) is 35.6 Å². The van der Waals surface area contributed by atoms with E-state index in [2.05, 4.69) is 46.0 Å². The van der Waals surface area contributed by atoms with Crippen LogP contribution in [0.3, 0.4) is 0 Å². The van der Waals surface area contributed by atoms with Gasteiger partial charge in [-0.05, 0) is 23.7 Å². The van der Waals surface area contributed by atoms with E-state index in [0.717, 1.165) is 12.0 Å². The van der Waals surface area contributed by atoms with Gasteiger partial charge in [0.15, 0.2) is 8.32 Å². The van der Waals surface area contributed by atoms with Crippen molar-refractivity contribution in [3.8, 4) is 0 Å². The molecule has 0 N–H and O–H groups in total. The van der Waals surface area contributed by atoms with Gasteiger partial charge in [0.1, 0.15) is 36.1 Å². The third kappa shape index (κ3) is 3.14. The van der Waals surface area contributed by atoms with Gasteiger partial charge in [0, 0.05) is 6.42 Å². The summed E-state index contributed by atoms with van der Waals surface area (Å²) in [5.74, 6) is 0. The maximum absolute atomic E-state index is 6.87. The van der Waals surface area contributed by atoms with Crippen LogP contribution in [0.15, 0.2) is 30.3 Å². The molecule has 0 unspecified atom stereocenters. The first-order valence-electron chi connectivity index (χ1n) is 10.6. The van der Waals surface area contributed by atoms with E-state index in [9.17, 15) is 0 Å². The molecule has 160 valence electrons. The van der Waals surface area contributed by atoms with E-state index in [1.54, 1.807) is 0 Å². The summed E-state index contributed by atoms with van der Waals surface area (Å²) in [7, 11) is -2.05. The summed E-state index contributed by atoms with van der Waals surface area (Å²) in [5, 5.41) is 0.0895. The molecule has 4 aliphatic heterocycles. The second-order valence-corrected chi connectivity index (χ2v) is 14.9. The minimum atomic E-state index is -2.05. The van der Waals surface area contributed by atoms with Crippen LogP contribution in [0.2, 0.25) is 18.1 Å². The molecule has 0 radical (unpaired) electrons. The summed E-state index contributed by atoms with van der Waals surface area (Å²) < 4.78 is 37.8. The molecule has 1 spiro atoms. The lowest BCUT2D eigenvalue weighted by Gasteiger charge is -2.67. The molecule has 1 aromatic carbocycles. The molecule has 7 atom stereocenters. The zero-order valence-electron chi connectivity index (χ0n) is 17.9. The van der Waals surface area contributed by atoms with Gasteiger partial charge < -0.3 is 28.1 Å². The van der Waals surface area contributed by atoms with Gasteiger partial charge in [-0.2, -0.15) is 0 Å². The topological polar surface area (TPSA) is 55.4 Å². The number of benzene rings is 1. The highest BCUT2D eigenvalue weighted by Gasteiger charge is 2.73. The number of rotatable bonds is 5. The fourth-order valence-electron chi connectivity index (χ4n) is 4.63. The Morgan fingerprint density at radius 1 is 1.03 bits per heavy atom. The van der Waals surface area contributed by atoms with Gasteiger partial charge in [-0.15, -0.1) is 0 Å². The highest BCUT2D eigenvalue weighted by Crippen LogP contribution is 2.54. The molecule has 1 aromatic rings. The predicted octanol–water partition coefficient (Wildman–Crippen LogP) is 3.60. The molecule has 4 heterocycles. The second kappa shape index (κ2) is 6.85. The van der Waals surface area contributed by atoms with Crippen LogP contribution in [0, 0.1) is 0 Å². The van der Waals surface area contributed by atoms with E-state index < -0.39 is 20.4 Å². The summed E-state index contributed by atoms with van der Waals surface area (Å²) in [4.78, 5) is 0. The van der Waals surface area contributed by atoms with Crippen molar-refractivity contribution in [1.82, 2.24) is 0 Å². The average Bonchev–Trinajstić information content (AvgIpc) is 2.62. The van der Waals surface area contributed by atoms with E-state index in [0.29, 0.717) is 13.2 Å². The van der Waals surface area contributed by atoms with Crippen LogP contribution in [-0.4, -0.2) is 57.5 Å². The standard InChI is InChI=1S/C22H32O6Si/c1-21(2,3)29(4,5)28-17-15-16(23-13-14-9-7-6-8-10-14)18-22(11-12-24-22)19(17)27-20(25-15)26-18/h6-10,15-20H,11-13H2,1-5H3/t15-,16-,17+,18-,19-,20-,22-/m0/s1. The number of hydrogen-bond donors (Lipinski definition) is 0. The van der Waals surface area contributed by atoms with Gasteiger partial charge in [-0.1, -0.05) is 51.1 Å². The molecule has 1 saturated carbocycles. The Morgan fingerprint density at radius 2 is 1.69 bits per heavy atom. The lowest BCUT2D eigenvalue weighted by Crippen LogP contribution is -2.84. The van der Waals surface area contributed by atoms with Gasteiger partial charge in [0.05, 0.1) is 13.2 Å². The zero-order valence-corrected chi connectivity index (χ0v) is 18.9. The van der Waals surface area contributed by atoms with Crippen LogP contribution in [-0.2, 0) is 34.7 Å². The Bertz CT molecular complexity index is 743. The van der Waals surface area contributed by atoms with Crippen molar-refractivity contribution >= 4 is 8.32 Å². The first-order chi connectivity index (χ1) is 13.7. The first kappa shape index (κ1) is 20.1. The fraction of sp³-hybridized carbons (Fsp3) is 0.727. The monoisotopic (exact) mass is 420 g/mol. The van der Waals surface area contributed by atoms with Gasteiger partial charge in [0.2, 0.25) is 0 Å². The maximum Gasteiger partial charge on any atom is 0.273 e. The third-order valence-corrected chi connectivity index (χ3v) is 11.9. The molecule has 0 amide bonds. The first-order valence-corrected chi connectivity index (χ1v) is 13.6. The van der Waals surface area contributed by atoms with Gasteiger partial charge in [-0.3, -0.25) is 0 Å². The molecule has 1 aliphatic carbocycles. The van der Waals surface area contributed by atoms with Crippen molar-refractivity contribution in [2.75, 3.05) is 6.61 Å². The fourth-order valence-corrected chi connectivity index (χ4v) is 5.93. The quantitative estimate of drug-likeness (QED) is 0.679. The normalized spacial score (nSPS) is 41.0. The van der Waals surface area contributed by atoms with Crippen molar-refractivity contribution in [1.29, 1.82) is 0 Å². The SMILES string of the molecule is CC(C)(C)[Si](C)(C)O[C@@H]1[C@H]2O[C@@H]3O[C@@H]1[C@]1(CCO1)[C@@H](O3)[C@H]2OCc1ccccc1. The summed E-state index contributed by atoms with van der Waals surface area (Å²) >= 11 is 0. The Labute approximate surface area is 173 Å². The second-order valence-electron chi connectivity index (χ2n) is 10.2. The lowest BCUT2D eigenvalue weighted by atomic mass is 9.69. The largest absolute Gasteiger partial charge is 0.408 e. The lowest BCUT2D eigenvalue weighted by molar-refractivity contribution is -0.517. The van der Waals surface area contributed by atoms with E-state index in [4.69, 9.17) is 28.1 Å². The summed E-state index contributed by atoms with van der Waals surface area (Å²) in [6, 6.07) is 10.2. The molecule has 5 aliphatic rings. The van der Waals surface area contributed by atoms with Crippen molar-refractivity contribution in [2.45, 2.75) is 94.5 Å². The Balaban J connectivity index is 1.43. The van der Waals surface area contributed by atoms with Crippen LogP contribution in [0.1, 0.15) is 32.8 Å². The number of hydrogen-bond acceptors (Lipinski definition) is 6. The number of ether oxygens (including phenoxy) is 5. The highest BCUT2D eigenvalue weighted by molar-refractivity contribution is 6.74. The van der Waals surface area contributed by atoms with E-state index in [1.807, 2.05) is 18.2 Å². The molecular formula is C22H32O6Si. The van der Waals surface area contributed by atoms with Crippen LogP contribution in [0.4, 0.5) is 0 Å². The highest BCUT2D eigenvalue weighted by atomic mass is 28.4. The molecule has 6 rings (SSSR count). The molecule has 5 fully saturated rings. The average molecular weight is 421 g/mol. The minimum Gasteiger partial charge on any atom is -0.408 e. The van der Waals surface area contributed by atoms with Crippen LogP contribution < -0.4 is 0 Å². The smallest absolute Gasteiger partial charge is 0.273 e. The van der Waals surface area contributed by atoms with Gasteiger partial charge in [0.25, 0.3) is 6.48 Å². The Kier molecular flexibility index (Phi) is 4.75. The summed E-state index contributed by atoms with van der Waals surface area (Å²) in [6.45, 7) is 11.8. The minimum absolute atomic E-state index is 0.0895. The van der Waals surface area contributed by atoms with Crippen LogP contribution in [0.25, 0.3) is 0 Å². The van der Waals surface area contributed by atoms with E-state index in [1.165, 1.54) is 0 Å². The molecule has 4 bridgehead atoms. The van der Waals surface area contributed by atoms with Gasteiger partial charge in [-0.25, -0.2) is 0 Å². The predicted molar refractivity (Wildman–Crippen MR) is 109 cm³/mol. The molecule has 4 saturated heterocycles. The zero-order chi connectivity index (χ0) is 20.4. The van der Waals surface area contributed by atoms with E-state index >= 15 is 0 Å². The molecule has 0 aromatic heterocycles. The van der Waals surface area contributed by atoms with Crippen molar-refractivity contribution < 1.29 is 28.1 Å². The molecule has 7 heteroatoms. The van der Waals surface area contributed by atoms with Gasteiger partial charge >= 0.3 is 0 Å². The molecule has 29 heavy (non-hydrogen) atoms. The molecule has 6 nitrogen and oxygen atoms in total. The Morgan fingerprint density at radius 3 is 2.28 bits per heavy atom. The van der Waals surface area contributed by atoms with Crippen LogP contribution >= 0.6 is 0 Å². The van der Waals surface area contributed by atoms with Crippen molar-refractivity contribution in [2.24, 2.45) is 0 Å². The maximum atomic E-state index is 6.87. The summed E-state index contributed by atoms with van der Waals surface area (Å²) in [5.41, 5.74) is 0.633. The Hall–Kier alpha value is -0.803. The van der Waals surface area contributed by atoms with Crippen molar-refractivity contribution in [3.63, 3.8) is 0 Å². The third-order valence-electron chi connectivity index (χ3n) is 7.38.